The van der Waals surface area contributed by atoms with E-state index in [0.29, 0.717) is 25.4 Å². The van der Waals surface area contributed by atoms with Crippen LogP contribution < -0.4 is 0 Å². The fourth-order valence-corrected chi connectivity index (χ4v) is 3.56. The number of rotatable bonds is 5. The molecule has 6 nitrogen and oxygen atoms in total. The zero-order valence-electron chi connectivity index (χ0n) is 20.6. The van der Waals surface area contributed by atoms with E-state index >= 15 is 0 Å². The van der Waals surface area contributed by atoms with E-state index in [2.05, 4.69) is 18.2 Å². The number of carbonyl (C=O) groups is 2. The number of nitrogens with zero attached hydrogens (tertiary/aromatic N) is 2. The first-order valence-electron chi connectivity index (χ1n) is 11.1. The zero-order valence-corrected chi connectivity index (χ0v) is 23.5. The molecule has 2 rings (SSSR count). The third kappa shape index (κ3) is 8.94. The molecule has 178 valence electrons. The molecule has 1 heterocycles. The molecule has 0 spiro atoms. The molecule has 1 saturated heterocycles. The van der Waals surface area contributed by atoms with E-state index in [1.165, 1.54) is 12.7 Å². The fraction of sp³-hybridized carbons (Fsp3) is 0.640. The minimum atomic E-state index is -0.729. The van der Waals surface area contributed by atoms with Gasteiger partial charge in [-0.2, -0.15) is 5.26 Å². The van der Waals surface area contributed by atoms with Crippen molar-refractivity contribution in [1.29, 1.82) is 5.26 Å². The molecule has 1 aromatic rings. The normalized spacial score (nSPS) is 15.8. The monoisotopic (exact) mass is 614 g/mol. The number of likely N-dealkylation sites (tertiary alicyclic amines) is 1. The molecule has 0 aromatic heterocycles. The van der Waals surface area contributed by atoms with Crippen molar-refractivity contribution in [2.24, 2.45) is 0 Å². The standard InChI is InChI=1S/C23H32N2O4.C2H6.W/c1-22(2,3)29-21(27)25-14-11-18(12-15-25)17-6-8-19(9-7-17)23(4,16-24)13-10-20(26)28-5;1-2;/h6-9,18H,10-15H2,1-5H3;1-2H3;. The van der Waals surface area contributed by atoms with Gasteiger partial charge in [0.05, 0.1) is 18.6 Å². The third-order valence-corrected chi connectivity index (χ3v) is 5.47. The summed E-state index contributed by atoms with van der Waals surface area (Å²) in [4.78, 5) is 25.4. The molecule has 1 aliphatic rings. The first-order valence-corrected chi connectivity index (χ1v) is 11.1. The van der Waals surface area contributed by atoms with Crippen molar-refractivity contribution in [3.63, 3.8) is 0 Å². The number of amides is 1. The van der Waals surface area contributed by atoms with Crippen molar-refractivity contribution in [1.82, 2.24) is 4.90 Å². The van der Waals surface area contributed by atoms with Gasteiger partial charge in [-0.3, -0.25) is 4.79 Å². The predicted molar refractivity (Wildman–Crippen MR) is 122 cm³/mol. The van der Waals surface area contributed by atoms with Crippen LogP contribution in [0.2, 0.25) is 0 Å². The molecule has 0 aliphatic carbocycles. The first kappa shape index (κ1) is 30.1. The largest absolute Gasteiger partial charge is 0.469 e. The average Bonchev–Trinajstić information content (AvgIpc) is 2.77. The molecule has 1 atom stereocenters. The number of piperidine rings is 1. The summed E-state index contributed by atoms with van der Waals surface area (Å²) in [7, 11) is 1.36. The summed E-state index contributed by atoms with van der Waals surface area (Å²) in [6.45, 7) is 12.8. The van der Waals surface area contributed by atoms with Gasteiger partial charge in [0.15, 0.2) is 0 Å². The number of carbonyl (C=O) groups excluding carboxylic acids is 2. The smallest absolute Gasteiger partial charge is 0.410 e. The number of hydrogen-bond acceptors (Lipinski definition) is 5. The number of esters is 1. The maximum Gasteiger partial charge on any atom is 0.410 e. The van der Waals surface area contributed by atoms with Crippen LogP contribution in [0.5, 0.6) is 0 Å². The van der Waals surface area contributed by atoms with E-state index in [4.69, 9.17) is 9.47 Å². The third-order valence-electron chi connectivity index (χ3n) is 5.47. The second-order valence-corrected chi connectivity index (χ2v) is 8.88. The zero-order chi connectivity index (χ0) is 23.7. The van der Waals surface area contributed by atoms with Crippen LogP contribution >= 0.6 is 0 Å². The second kappa shape index (κ2) is 13.6. The minimum Gasteiger partial charge on any atom is -0.469 e. The van der Waals surface area contributed by atoms with Crippen molar-refractivity contribution < 1.29 is 40.1 Å². The summed E-state index contributed by atoms with van der Waals surface area (Å²) in [5, 5.41) is 9.65. The van der Waals surface area contributed by atoms with Crippen LogP contribution in [0.1, 0.15) is 84.3 Å². The quantitative estimate of drug-likeness (QED) is 0.406. The molecular weight excluding hydrogens is 576 g/mol. The Balaban J connectivity index is 0.00000311. The summed E-state index contributed by atoms with van der Waals surface area (Å²) in [6.07, 6.45) is 2.16. The Hall–Kier alpha value is -1.86. The van der Waals surface area contributed by atoms with Crippen LogP contribution in [0.25, 0.3) is 0 Å². The molecule has 7 heteroatoms. The van der Waals surface area contributed by atoms with Crippen LogP contribution in [0.4, 0.5) is 4.79 Å². The molecule has 1 aliphatic heterocycles. The van der Waals surface area contributed by atoms with Gasteiger partial charge in [0.1, 0.15) is 5.60 Å². The molecule has 0 saturated carbocycles. The van der Waals surface area contributed by atoms with Gasteiger partial charge >= 0.3 is 12.1 Å². The van der Waals surface area contributed by atoms with Gasteiger partial charge in [-0.05, 0) is 64.0 Å². The summed E-state index contributed by atoms with van der Waals surface area (Å²) in [5.41, 5.74) is 0.905. The molecule has 1 aromatic carbocycles. The van der Waals surface area contributed by atoms with Gasteiger partial charge in [-0.1, -0.05) is 38.1 Å². The molecule has 0 N–H and O–H groups in total. The maximum absolute atomic E-state index is 12.2. The van der Waals surface area contributed by atoms with Crippen molar-refractivity contribution in [2.75, 3.05) is 20.2 Å². The SMILES string of the molecule is CC.COC(=O)CCC(C)(C#N)c1ccc(C2CCN(C(=O)OC(C)(C)C)CC2)cc1.[W]. The van der Waals surface area contributed by atoms with E-state index in [1.54, 1.807) is 4.90 Å². The first-order chi connectivity index (χ1) is 14.6. The summed E-state index contributed by atoms with van der Waals surface area (Å²) in [6, 6.07) is 10.4. The van der Waals surface area contributed by atoms with E-state index < -0.39 is 11.0 Å². The molecule has 1 fully saturated rings. The Kier molecular flexibility index (Phi) is 12.8. The Morgan fingerprint density at radius 3 is 2.06 bits per heavy atom. The number of nitriles is 1. The Labute approximate surface area is 207 Å². The summed E-state index contributed by atoms with van der Waals surface area (Å²) >= 11 is 0. The van der Waals surface area contributed by atoms with Crippen molar-refractivity contribution in [3.8, 4) is 6.07 Å². The minimum absolute atomic E-state index is 0. The molecule has 1 unspecified atom stereocenters. The number of hydrogen-bond donors (Lipinski definition) is 0. The van der Waals surface area contributed by atoms with Gasteiger partial charge in [0.25, 0.3) is 0 Å². The maximum atomic E-state index is 12.2. The van der Waals surface area contributed by atoms with E-state index in [0.717, 1.165) is 18.4 Å². The van der Waals surface area contributed by atoms with Crippen LogP contribution in [0.15, 0.2) is 24.3 Å². The second-order valence-electron chi connectivity index (χ2n) is 8.88. The van der Waals surface area contributed by atoms with E-state index in [9.17, 15) is 14.9 Å². The molecule has 0 radical (unpaired) electrons. The Bertz CT molecular complexity index is 760. The molecule has 0 bridgehead atoms. The number of benzene rings is 1. The van der Waals surface area contributed by atoms with Crippen LogP contribution in [-0.4, -0.2) is 42.8 Å². The van der Waals surface area contributed by atoms with Crippen LogP contribution in [0, 0.1) is 11.3 Å². The summed E-state index contributed by atoms with van der Waals surface area (Å²) in [5.74, 6) is 0.0750. The molecule has 32 heavy (non-hydrogen) atoms. The number of methoxy groups -OCH3 is 1. The van der Waals surface area contributed by atoms with Gasteiger partial charge in [0, 0.05) is 40.6 Å². The Morgan fingerprint density at radius 1 is 1.09 bits per heavy atom. The molecular formula is C25H38N2O4W. The van der Waals surface area contributed by atoms with Crippen LogP contribution in [0.3, 0.4) is 0 Å². The van der Waals surface area contributed by atoms with E-state index in [1.807, 2.05) is 53.7 Å². The van der Waals surface area contributed by atoms with Gasteiger partial charge in [0.2, 0.25) is 0 Å². The van der Waals surface area contributed by atoms with Crippen LogP contribution in [-0.2, 0) is 40.7 Å². The fourth-order valence-electron chi connectivity index (χ4n) is 3.56. The van der Waals surface area contributed by atoms with Gasteiger partial charge < -0.3 is 14.4 Å². The summed E-state index contributed by atoms with van der Waals surface area (Å²) < 4.78 is 10.1. The van der Waals surface area contributed by atoms with Gasteiger partial charge in [-0.15, -0.1) is 0 Å². The number of ether oxygens (including phenoxy) is 2. The van der Waals surface area contributed by atoms with E-state index in [-0.39, 0.29) is 39.5 Å². The van der Waals surface area contributed by atoms with Crippen molar-refractivity contribution >= 4 is 12.1 Å². The topological polar surface area (TPSA) is 79.6 Å². The van der Waals surface area contributed by atoms with Crippen molar-refractivity contribution in [2.45, 2.75) is 84.2 Å². The van der Waals surface area contributed by atoms with Gasteiger partial charge in [-0.25, -0.2) is 4.79 Å². The Morgan fingerprint density at radius 2 is 1.62 bits per heavy atom. The van der Waals surface area contributed by atoms with Crippen molar-refractivity contribution in [3.05, 3.63) is 35.4 Å². The average molecular weight is 614 g/mol. The molecule has 1 amide bonds. The predicted octanol–water partition coefficient (Wildman–Crippen LogP) is 5.56.